The number of benzene rings is 1. The maximum atomic E-state index is 11.0. The van der Waals surface area contributed by atoms with Crippen LogP contribution in [0.2, 0.25) is 5.02 Å². The summed E-state index contributed by atoms with van der Waals surface area (Å²) in [6.45, 7) is 3.91. The fraction of sp³-hybridized carbons (Fsp3) is 0.357. The lowest BCUT2D eigenvalue weighted by molar-refractivity contribution is -0.105. The number of halogens is 1. The average molecular weight is 269 g/mol. The molecule has 0 amide bonds. The highest BCUT2D eigenvalue weighted by Gasteiger charge is 2.13. The lowest BCUT2D eigenvalue weighted by Crippen LogP contribution is -1.96. The number of aldehydes is 1. The Morgan fingerprint density at radius 2 is 1.94 bits per heavy atom. The molecule has 18 heavy (non-hydrogen) atoms. The molecule has 0 spiro atoms. The van der Waals surface area contributed by atoms with Gasteiger partial charge in [0.25, 0.3) is 0 Å². The smallest absolute Gasteiger partial charge is 0.179 e. The molecule has 1 rings (SSSR count). The molecule has 0 saturated carbocycles. The predicted octanol–water partition coefficient (Wildman–Crippen LogP) is 3.60. The number of ether oxygens (including phenoxy) is 2. The van der Waals surface area contributed by atoms with Crippen LogP contribution in [0.4, 0.5) is 0 Å². The Kier molecular flexibility index (Phi) is 5.23. The molecule has 0 N–H and O–H groups in total. The number of hydrogen-bond acceptors (Lipinski definition) is 3. The first-order chi connectivity index (χ1) is 8.54. The maximum absolute atomic E-state index is 11.0. The summed E-state index contributed by atoms with van der Waals surface area (Å²) in [5.41, 5.74) is 1.43. The van der Waals surface area contributed by atoms with Crippen LogP contribution in [0, 0.1) is 5.92 Å². The summed E-state index contributed by atoms with van der Waals surface area (Å²) in [5.74, 6) is 1.19. The van der Waals surface area contributed by atoms with Crippen LogP contribution in [0.1, 0.15) is 19.4 Å². The Balaban J connectivity index is 3.31. The van der Waals surface area contributed by atoms with Crippen LogP contribution >= 0.6 is 11.6 Å². The van der Waals surface area contributed by atoms with E-state index in [0.717, 1.165) is 11.8 Å². The van der Waals surface area contributed by atoms with E-state index in [1.54, 1.807) is 25.3 Å². The van der Waals surface area contributed by atoms with Gasteiger partial charge in [0, 0.05) is 0 Å². The van der Waals surface area contributed by atoms with Gasteiger partial charge in [-0.3, -0.25) is 4.79 Å². The van der Waals surface area contributed by atoms with Gasteiger partial charge in [0.15, 0.2) is 11.5 Å². The second-order valence-corrected chi connectivity index (χ2v) is 4.50. The van der Waals surface area contributed by atoms with E-state index in [9.17, 15) is 4.79 Å². The summed E-state index contributed by atoms with van der Waals surface area (Å²) in [7, 11) is 3.08. The van der Waals surface area contributed by atoms with Gasteiger partial charge in [-0.05, 0) is 35.3 Å². The van der Waals surface area contributed by atoms with Gasteiger partial charge in [0.05, 0.1) is 19.2 Å². The average Bonchev–Trinajstić information content (AvgIpc) is 2.36. The van der Waals surface area contributed by atoms with Gasteiger partial charge in [-0.15, -0.1) is 0 Å². The van der Waals surface area contributed by atoms with Gasteiger partial charge in [-0.1, -0.05) is 25.4 Å². The van der Waals surface area contributed by atoms with Crippen molar-refractivity contribution >= 4 is 24.0 Å². The first-order valence-corrected chi connectivity index (χ1v) is 6.00. The Morgan fingerprint density at radius 3 is 2.39 bits per heavy atom. The minimum atomic E-state index is 0.145. The lowest BCUT2D eigenvalue weighted by Gasteiger charge is -2.12. The molecule has 0 atom stereocenters. The fourth-order valence-corrected chi connectivity index (χ4v) is 1.82. The van der Waals surface area contributed by atoms with E-state index in [2.05, 4.69) is 0 Å². The molecule has 0 aliphatic rings. The summed E-state index contributed by atoms with van der Waals surface area (Å²) >= 11 is 6.23. The van der Waals surface area contributed by atoms with Crippen molar-refractivity contribution in [1.29, 1.82) is 0 Å². The zero-order valence-electron chi connectivity index (χ0n) is 11.0. The molecule has 0 bridgehead atoms. The van der Waals surface area contributed by atoms with Gasteiger partial charge in [0.2, 0.25) is 0 Å². The molecule has 0 heterocycles. The van der Waals surface area contributed by atoms with Crippen LogP contribution in [-0.2, 0) is 4.79 Å². The van der Waals surface area contributed by atoms with Gasteiger partial charge in [0.1, 0.15) is 6.29 Å². The third-order valence-electron chi connectivity index (χ3n) is 2.64. The van der Waals surface area contributed by atoms with Crippen molar-refractivity contribution in [3.63, 3.8) is 0 Å². The fourth-order valence-electron chi connectivity index (χ4n) is 1.53. The standard InChI is InChI=1S/C14H17ClO3/c1-9(2)11(8-16)7-10-5-6-12(17-3)14(18-4)13(10)15/h5-9H,1-4H3. The molecule has 0 fully saturated rings. The van der Waals surface area contributed by atoms with Crippen molar-refractivity contribution in [2.24, 2.45) is 5.92 Å². The summed E-state index contributed by atoms with van der Waals surface area (Å²) in [5, 5.41) is 0.442. The van der Waals surface area contributed by atoms with Crippen molar-refractivity contribution in [3.05, 3.63) is 28.3 Å². The summed E-state index contributed by atoms with van der Waals surface area (Å²) in [6, 6.07) is 3.56. The van der Waals surface area contributed by atoms with Crippen LogP contribution in [0.15, 0.2) is 17.7 Å². The number of hydrogen-bond donors (Lipinski definition) is 0. The van der Waals surface area contributed by atoms with Crippen LogP contribution in [0.25, 0.3) is 6.08 Å². The third-order valence-corrected chi connectivity index (χ3v) is 3.03. The third kappa shape index (κ3) is 3.05. The molecule has 0 aliphatic carbocycles. The normalized spacial score (nSPS) is 11.6. The van der Waals surface area contributed by atoms with Gasteiger partial charge in [-0.25, -0.2) is 0 Å². The van der Waals surface area contributed by atoms with E-state index in [-0.39, 0.29) is 5.92 Å². The Hall–Kier alpha value is -1.48. The Morgan fingerprint density at radius 1 is 1.28 bits per heavy atom. The molecule has 0 unspecified atom stereocenters. The Bertz CT molecular complexity index is 464. The molecule has 0 saturated heterocycles. The molecule has 3 nitrogen and oxygen atoms in total. The van der Waals surface area contributed by atoms with E-state index >= 15 is 0 Å². The van der Waals surface area contributed by atoms with Crippen LogP contribution in [0.5, 0.6) is 11.5 Å². The zero-order valence-corrected chi connectivity index (χ0v) is 11.7. The predicted molar refractivity (Wildman–Crippen MR) is 73.4 cm³/mol. The van der Waals surface area contributed by atoms with E-state index in [1.165, 1.54) is 7.11 Å². The first-order valence-electron chi connectivity index (χ1n) is 5.62. The van der Waals surface area contributed by atoms with Crippen molar-refractivity contribution in [2.45, 2.75) is 13.8 Å². The first kappa shape index (κ1) is 14.6. The molecular formula is C14H17ClO3. The van der Waals surface area contributed by atoms with Gasteiger partial charge < -0.3 is 9.47 Å². The topological polar surface area (TPSA) is 35.5 Å². The van der Waals surface area contributed by atoms with Crippen molar-refractivity contribution in [3.8, 4) is 11.5 Å². The van der Waals surface area contributed by atoms with Gasteiger partial charge in [-0.2, -0.15) is 0 Å². The molecule has 0 radical (unpaired) electrons. The monoisotopic (exact) mass is 268 g/mol. The number of methoxy groups -OCH3 is 2. The summed E-state index contributed by atoms with van der Waals surface area (Å²) in [4.78, 5) is 11.0. The number of carbonyl (C=O) groups is 1. The minimum Gasteiger partial charge on any atom is -0.493 e. The number of rotatable bonds is 5. The minimum absolute atomic E-state index is 0.145. The van der Waals surface area contributed by atoms with Gasteiger partial charge >= 0.3 is 0 Å². The highest BCUT2D eigenvalue weighted by atomic mass is 35.5. The molecule has 98 valence electrons. The number of carbonyl (C=O) groups excluding carboxylic acids is 1. The lowest BCUT2D eigenvalue weighted by atomic mass is 10.0. The molecule has 0 aliphatic heterocycles. The molecular weight excluding hydrogens is 252 g/mol. The van der Waals surface area contributed by atoms with E-state index in [1.807, 2.05) is 13.8 Å². The molecule has 1 aromatic rings. The number of allylic oxidation sites excluding steroid dienone is 1. The van der Waals surface area contributed by atoms with E-state index in [4.69, 9.17) is 21.1 Å². The summed E-state index contributed by atoms with van der Waals surface area (Å²) < 4.78 is 10.4. The van der Waals surface area contributed by atoms with E-state index < -0.39 is 0 Å². The highest BCUT2D eigenvalue weighted by Crippen LogP contribution is 2.38. The zero-order chi connectivity index (χ0) is 13.7. The molecule has 1 aromatic carbocycles. The second kappa shape index (κ2) is 6.45. The van der Waals surface area contributed by atoms with Crippen LogP contribution in [-0.4, -0.2) is 20.5 Å². The van der Waals surface area contributed by atoms with Crippen molar-refractivity contribution < 1.29 is 14.3 Å². The van der Waals surface area contributed by atoms with Crippen molar-refractivity contribution in [1.82, 2.24) is 0 Å². The Labute approximate surface area is 112 Å². The quantitative estimate of drug-likeness (QED) is 0.605. The summed E-state index contributed by atoms with van der Waals surface area (Å²) in [6.07, 6.45) is 2.61. The van der Waals surface area contributed by atoms with Crippen LogP contribution in [0.3, 0.4) is 0 Å². The largest absolute Gasteiger partial charge is 0.493 e. The van der Waals surface area contributed by atoms with Crippen LogP contribution < -0.4 is 9.47 Å². The molecule has 4 heteroatoms. The molecule has 0 aromatic heterocycles. The SMILES string of the molecule is COc1ccc(C=C(C=O)C(C)C)c(Cl)c1OC. The van der Waals surface area contributed by atoms with Crippen molar-refractivity contribution in [2.75, 3.05) is 14.2 Å². The van der Waals surface area contributed by atoms with E-state index in [0.29, 0.717) is 22.1 Å². The second-order valence-electron chi connectivity index (χ2n) is 4.12. The maximum Gasteiger partial charge on any atom is 0.179 e. The highest BCUT2D eigenvalue weighted by molar-refractivity contribution is 6.33.